The Bertz CT molecular complexity index is 1020. The maximum absolute atomic E-state index is 16.0. The van der Waals surface area contributed by atoms with Crippen LogP contribution in [0.1, 0.15) is 96.5 Å². The van der Waals surface area contributed by atoms with Gasteiger partial charge in [0.2, 0.25) is 0 Å². The molecule has 4 rings (SSSR count). The highest BCUT2D eigenvalue weighted by Crippen LogP contribution is 2.56. The largest absolute Gasteiger partial charge is 0.523 e. The van der Waals surface area contributed by atoms with Crippen LogP contribution >= 0.6 is 0 Å². The van der Waals surface area contributed by atoms with Gasteiger partial charge in [0.05, 0.1) is 5.56 Å². The molecule has 0 aromatic heterocycles. The molecule has 0 spiro atoms. The molecule has 0 amide bonds. The normalized spacial score (nSPS) is 28.4. The molecular formula is C30H39F5O. The van der Waals surface area contributed by atoms with E-state index in [-0.39, 0.29) is 23.6 Å². The highest BCUT2D eigenvalue weighted by molar-refractivity contribution is 5.84. The Balaban J connectivity index is 1.80. The average Bonchev–Trinajstić information content (AvgIpc) is 2.83. The van der Waals surface area contributed by atoms with Crippen molar-refractivity contribution in [3.05, 3.63) is 47.5 Å². The van der Waals surface area contributed by atoms with Crippen LogP contribution in [0.3, 0.4) is 0 Å². The molecule has 2 aliphatic rings. The van der Waals surface area contributed by atoms with Crippen molar-refractivity contribution >= 4 is 10.8 Å². The number of benzene rings is 2. The van der Waals surface area contributed by atoms with Crippen LogP contribution in [0.2, 0.25) is 0 Å². The standard InChI is InChI=1S/C30H39F5O/c1-3-4-5-12-21-13-6-8-15-23(21)20(2)25-17-10-11-18-29(25,36-30(33,34)35)27-26(31)19-22-14-7-9-16-24(22)28(27)32/h7,9,14,16,19-21,23,25H,3-6,8,10-13,15,17-18H2,1-2H3. The number of unbranched alkanes of at least 4 members (excludes halogenated alkanes) is 2. The van der Waals surface area contributed by atoms with Gasteiger partial charge >= 0.3 is 6.36 Å². The molecule has 0 radical (unpaired) electrons. The van der Waals surface area contributed by atoms with Gasteiger partial charge < -0.3 is 0 Å². The Morgan fingerprint density at radius 2 is 1.72 bits per heavy atom. The molecule has 200 valence electrons. The second-order valence-corrected chi connectivity index (χ2v) is 11.1. The lowest BCUT2D eigenvalue weighted by Crippen LogP contribution is -2.50. The Morgan fingerprint density at radius 1 is 1.00 bits per heavy atom. The first kappa shape index (κ1) is 27.3. The van der Waals surface area contributed by atoms with E-state index in [0.717, 1.165) is 57.8 Å². The zero-order chi connectivity index (χ0) is 25.9. The molecule has 2 aromatic rings. The van der Waals surface area contributed by atoms with Crippen molar-refractivity contribution in [3.63, 3.8) is 0 Å². The Kier molecular flexibility index (Phi) is 8.63. The van der Waals surface area contributed by atoms with Gasteiger partial charge in [0.1, 0.15) is 17.2 Å². The summed E-state index contributed by atoms with van der Waals surface area (Å²) in [6.45, 7) is 4.18. The second kappa shape index (κ2) is 11.4. The van der Waals surface area contributed by atoms with E-state index < -0.39 is 35.1 Å². The lowest BCUT2D eigenvalue weighted by Gasteiger charge is -2.50. The lowest BCUT2D eigenvalue weighted by atomic mass is 9.59. The summed E-state index contributed by atoms with van der Waals surface area (Å²) in [5.74, 6) is -1.94. The molecule has 5 atom stereocenters. The Hall–Kier alpha value is -1.69. The summed E-state index contributed by atoms with van der Waals surface area (Å²) in [5, 5.41) is 0.466. The summed E-state index contributed by atoms with van der Waals surface area (Å²) in [4.78, 5) is 0. The molecule has 6 heteroatoms. The van der Waals surface area contributed by atoms with Crippen LogP contribution in [0.15, 0.2) is 30.3 Å². The zero-order valence-corrected chi connectivity index (χ0v) is 21.5. The molecule has 5 unspecified atom stereocenters. The van der Waals surface area contributed by atoms with E-state index in [9.17, 15) is 13.2 Å². The van der Waals surface area contributed by atoms with Gasteiger partial charge in [-0.25, -0.2) is 8.78 Å². The smallest absolute Gasteiger partial charge is 0.280 e. The third-order valence-corrected chi connectivity index (χ3v) is 9.03. The van der Waals surface area contributed by atoms with E-state index in [1.807, 2.05) is 6.92 Å². The Labute approximate surface area is 211 Å². The van der Waals surface area contributed by atoms with E-state index >= 15 is 8.78 Å². The third kappa shape index (κ3) is 5.58. The molecule has 0 saturated heterocycles. The highest BCUT2D eigenvalue weighted by atomic mass is 19.4. The zero-order valence-electron chi connectivity index (χ0n) is 21.5. The van der Waals surface area contributed by atoms with Gasteiger partial charge in [-0.15, -0.1) is 13.2 Å². The monoisotopic (exact) mass is 510 g/mol. The fourth-order valence-corrected chi connectivity index (χ4v) is 7.45. The van der Waals surface area contributed by atoms with Gasteiger partial charge in [0.15, 0.2) is 0 Å². The summed E-state index contributed by atoms with van der Waals surface area (Å²) in [6.07, 6.45) is 5.30. The number of hydrogen-bond donors (Lipinski definition) is 0. The topological polar surface area (TPSA) is 9.23 Å². The van der Waals surface area contributed by atoms with E-state index in [1.165, 1.54) is 12.1 Å². The van der Waals surface area contributed by atoms with Crippen molar-refractivity contribution in [2.45, 2.75) is 103 Å². The van der Waals surface area contributed by atoms with Crippen molar-refractivity contribution in [1.82, 2.24) is 0 Å². The first-order valence-corrected chi connectivity index (χ1v) is 13.8. The molecule has 0 bridgehead atoms. The maximum Gasteiger partial charge on any atom is 0.523 e. The molecule has 0 heterocycles. The third-order valence-electron chi connectivity index (χ3n) is 9.03. The van der Waals surface area contributed by atoms with E-state index in [4.69, 9.17) is 4.74 Å². The van der Waals surface area contributed by atoms with Gasteiger partial charge in [0, 0.05) is 5.39 Å². The molecule has 36 heavy (non-hydrogen) atoms. The van der Waals surface area contributed by atoms with Crippen LogP contribution in [-0.2, 0) is 10.3 Å². The minimum atomic E-state index is -5.01. The summed E-state index contributed by atoms with van der Waals surface area (Å²) in [6, 6.07) is 7.53. The fraction of sp³-hybridized carbons (Fsp3) is 0.667. The first-order valence-electron chi connectivity index (χ1n) is 13.8. The minimum absolute atomic E-state index is 0.0408. The van der Waals surface area contributed by atoms with Crippen LogP contribution in [-0.4, -0.2) is 6.36 Å². The molecular weight excluding hydrogens is 471 g/mol. The maximum atomic E-state index is 16.0. The van der Waals surface area contributed by atoms with Crippen LogP contribution in [0, 0.1) is 35.3 Å². The van der Waals surface area contributed by atoms with Crippen LogP contribution in [0.4, 0.5) is 22.0 Å². The van der Waals surface area contributed by atoms with Gasteiger partial charge in [-0.05, 0) is 54.4 Å². The summed E-state index contributed by atoms with van der Waals surface area (Å²) in [5.41, 5.74) is -2.60. The highest BCUT2D eigenvalue weighted by Gasteiger charge is 2.56. The molecule has 0 aliphatic heterocycles. The summed E-state index contributed by atoms with van der Waals surface area (Å²) >= 11 is 0. The summed E-state index contributed by atoms with van der Waals surface area (Å²) < 4.78 is 78.7. The number of hydrogen-bond acceptors (Lipinski definition) is 1. The molecule has 0 N–H and O–H groups in total. The van der Waals surface area contributed by atoms with Gasteiger partial charge in [-0.2, -0.15) is 0 Å². The Morgan fingerprint density at radius 3 is 2.47 bits per heavy atom. The molecule has 2 aliphatic carbocycles. The fourth-order valence-electron chi connectivity index (χ4n) is 7.45. The lowest BCUT2D eigenvalue weighted by molar-refractivity contribution is -0.388. The van der Waals surface area contributed by atoms with Crippen LogP contribution < -0.4 is 0 Å². The first-order chi connectivity index (χ1) is 17.2. The van der Waals surface area contributed by atoms with Crippen molar-refractivity contribution in [2.24, 2.45) is 23.7 Å². The van der Waals surface area contributed by atoms with Gasteiger partial charge in [-0.1, -0.05) is 95.9 Å². The van der Waals surface area contributed by atoms with Crippen molar-refractivity contribution in [3.8, 4) is 0 Å². The predicted molar refractivity (Wildman–Crippen MR) is 133 cm³/mol. The van der Waals surface area contributed by atoms with E-state index in [2.05, 4.69) is 6.92 Å². The summed E-state index contributed by atoms with van der Waals surface area (Å²) in [7, 11) is 0. The van der Waals surface area contributed by atoms with Crippen LogP contribution in [0.25, 0.3) is 10.8 Å². The molecule has 1 nitrogen and oxygen atoms in total. The quantitative estimate of drug-likeness (QED) is 0.254. The van der Waals surface area contributed by atoms with Gasteiger partial charge in [-0.3, -0.25) is 4.74 Å². The number of fused-ring (bicyclic) bond motifs is 1. The number of ether oxygens (including phenoxy) is 1. The van der Waals surface area contributed by atoms with E-state index in [0.29, 0.717) is 24.1 Å². The number of alkyl halides is 3. The minimum Gasteiger partial charge on any atom is -0.280 e. The molecule has 2 aromatic carbocycles. The molecule has 2 fully saturated rings. The SMILES string of the molecule is CCCCCC1CCCCC1C(C)C1CCCCC1(OC(F)(F)F)c1c(F)cc2ccccc2c1F. The average molecular weight is 511 g/mol. The second-order valence-electron chi connectivity index (χ2n) is 11.1. The van der Waals surface area contributed by atoms with E-state index in [1.54, 1.807) is 18.2 Å². The van der Waals surface area contributed by atoms with Crippen molar-refractivity contribution in [2.75, 3.05) is 0 Å². The van der Waals surface area contributed by atoms with Gasteiger partial charge in [0.25, 0.3) is 0 Å². The number of halogens is 5. The van der Waals surface area contributed by atoms with Crippen molar-refractivity contribution in [1.29, 1.82) is 0 Å². The van der Waals surface area contributed by atoms with Crippen LogP contribution in [0.5, 0.6) is 0 Å². The predicted octanol–water partition coefficient (Wildman–Crippen LogP) is 10.1. The van der Waals surface area contributed by atoms with Crippen molar-refractivity contribution < 1.29 is 26.7 Å². The molecule has 2 saturated carbocycles. The number of rotatable bonds is 8.